The van der Waals surface area contributed by atoms with Gasteiger partial charge >= 0.3 is 0 Å². The van der Waals surface area contributed by atoms with Crippen LogP contribution in [0, 0.1) is 11.6 Å². The first-order valence-corrected chi connectivity index (χ1v) is 5.55. The third kappa shape index (κ3) is 3.17. The van der Waals surface area contributed by atoms with Crippen molar-refractivity contribution in [3.63, 3.8) is 0 Å². The molecule has 2 rings (SSSR count). The first-order valence-electron chi connectivity index (χ1n) is 5.55. The lowest BCUT2D eigenvalue weighted by Crippen LogP contribution is -2.27. The molecular formula is C12H15F2NO. The van der Waals surface area contributed by atoms with Crippen LogP contribution in [0.25, 0.3) is 0 Å². The van der Waals surface area contributed by atoms with Crippen molar-refractivity contribution in [1.29, 1.82) is 0 Å². The SMILES string of the molecule is Fc1cc(F)cc(NCC2CCCCO2)c1. The van der Waals surface area contributed by atoms with Gasteiger partial charge in [0.1, 0.15) is 11.6 Å². The molecule has 1 aliphatic heterocycles. The van der Waals surface area contributed by atoms with Gasteiger partial charge in [-0.1, -0.05) is 0 Å². The number of nitrogens with one attached hydrogen (secondary N) is 1. The van der Waals surface area contributed by atoms with Crippen LogP contribution in [0.2, 0.25) is 0 Å². The number of rotatable bonds is 3. The predicted octanol–water partition coefficient (Wildman–Crippen LogP) is 2.95. The van der Waals surface area contributed by atoms with E-state index in [4.69, 9.17) is 4.74 Å². The van der Waals surface area contributed by atoms with E-state index in [9.17, 15) is 8.78 Å². The molecule has 1 unspecified atom stereocenters. The molecule has 1 saturated heterocycles. The first-order chi connectivity index (χ1) is 7.74. The lowest BCUT2D eigenvalue weighted by Gasteiger charge is -2.23. The molecule has 1 aromatic rings. The fourth-order valence-corrected chi connectivity index (χ4v) is 1.86. The van der Waals surface area contributed by atoms with Crippen molar-refractivity contribution in [2.45, 2.75) is 25.4 Å². The Balaban J connectivity index is 1.88. The van der Waals surface area contributed by atoms with E-state index in [1.54, 1.807) is 0 Å². The van der Waals surface area contributed by atoms with Gasteiger partial charge in [0, 0.05) is 24.9 Å². The summed E-state index contributed by atoms with van der Waals surface area (Å²) in [6, 6.07) is 3.43. The average Bonchev–Trinajstić information content (AvgIpc) is 2.27. The molecule has 0 aromatic heterocycles. The number of halogens is 2. The molecule has 0 saturated carbocycles. The quantitative estimate of drug-likeness (QED) is 0.857. The zero-order valence-corrected chi connectivity index (χ0v) is 9.01. The molecule has 1 fully saturated rings. The van der Waals surface area contributed by atoms with Gasteiger partial charge in [0.2, 0.25) is 0 Å². The Bertz CT molecular complexity index is 331. The van der Waals surface area contributed by atoms with Crippen molar-refractivity contribution in [3.05, 3.63) is 29.8 Å². The number of anilines is 1. The Hall–Kier alpha value is -1.16. The standard InChI is InChI=1S/C12H15F2NO/c13-9-5-10(14)7-11(6-9)15-8-12-3-1-2-4-16-12/h5-7,12,15H,1-4,8H2. The second-order valence-electron chi connectivity index (χ2n) is 4.03. The highest BCUT2D eigenvalue weighted by molar-refractivity contribution is 5.43. The molecule has 0 amide bonds. The number of ether oxygens (including phenoxy) is 1. The summed E-state index contributed by atoms with van der Waals surface area (Å²) in [5.74, 6) is -1.13. The van der Waals surface area contributed by atoms with Crippen molar-refractivity contribution in [2.24, 2.45) is 0 Å². The average molecular weight is 227 g/mol. The summed E-state index contributed by atoms with van der Waals surface area (Å²) in [7, 11) is 0. The second kappa shape index (κ2) is 5.25. The van der Waals surface area contributed by atoms with Crippen LogP contribution >= 0.6 is 0 Å². The maximum absolute atomic E-state index is 12.9. The zero-order chi connectivity index (χ0) is 11.4. The van der Waals surface area contributed by atoms with Crippen molar-refractivity contribution in [1.82, 2.24) is 0 Å². The lowest BCUT2D eigenvalue weighted by atomic mass is 10.1. The van der Waals surface area contributed by atoms with Crippen LogP contribution in [0.1, 0.15) is 19.3 Å². The molecule has 1 N–H and O–H groups in total. The van der Waals surface area contributed by atoms with Gasteiger partial charge < -0.3 is 10.1 Å². The third-order valence-corrected chi connectivity index (χ3v) is 2.67. The molecule has 0 spiro atoms. The fourth-order valence-electron chi connectivity index (χ4n) is 1.86. The van der Waals surface area contributed by atoms with E-state index in [0.717, 1.165) is 31.9 Å². The molecular weight excluding hydrogens is 212 g/mol. The van der Waals surface area contributed by atoms with Gasteiger partial charge in [-0.25, -0.2) is 8.78 Å². The van der Waals surface area contributed by atoms with E-state index in [1.807, 2.05) is 0 Å². The summed E-state index contributed by atoms with van der Waals surface area (Å²) < 4.78 is 31.3. The molecule has 1 aliphatic rings. The molecule has 16 heavy (non-hydrogen) atoms. The van der Waals surface area contributed by atoms with Crippen molar-refractivity contribution in [3.8, 4) is 0 Å². The van der Waals surface area contributed by atoms with Gasteiger partial charge in [-0.15, -0.1) is 0 Å². The van der Waals surface area contributed by atoms with Crippen molar-refractivity contribution >= 4 is 5.69 Å². The topological polar surface area (TPSA) is 21.3 Å². The van der Waals surface area contributed by atoms with E-state index < -0.39 is 11.6 Å². The Morgan fingerprint density at radius 2 is 1.94 bits per heavy atom. The van der Waals surface area contributed by atoms with Gasteiger partial charge in [-0.05, 0) is 31.4 Å². The van der Waals surface area contributed by atoms with Gasteiger partial charge in [-0.3, -0.25) is 0 Å². The zero-order valence-electron chi connectivity index (χ0n) is 9.01. The van der Waals surface area contributed by atoms with E-state index in [1.165, 1.54) is 12.1 Å². The highest BCUT2D eigenvalue weighted by Gasteiger charge is 2.13. The highest BCUT2D eigenvalue weighted by Crippen LogP contribution is 2.16. The van der Waals surface area contributed by atoms with Crippen LogP contribution in [0.5, 0.6) is 0 Å². The maximum Gasteiger partial charge on any atom is 0.128 e. The van der Waals surface area contributed by atoms with Crippen LogP contribution < -0.4 is 5.32 Å². The summed E-state index contributed by atoms with van der Waals surface area (Å²) in [4.78, 5) is 0. The van der Waals surface area contributed by atoms with E-state index in [2.05, 4.69) is 5.32 Å². The minimum Gasteiger partial charge on any atom is -0.382 e. The largest absolute Gasteiger partial charge is 0.382 e. The number of hydrogen-bond donors (Lipinski definition) is 1. The smallest absolute Gasteiger partial charge is 0.128 e. The van der Waals surface area contributed by atoms with E-state index >= 15 is 0 Å². The Kier molecular flexibility index (Phi) is 3.72. The molecule has 2 nitrogen and oxygen atoms in total. The second-order valence-corrected chi connectivity index (χ2v) is 4.03. The summed E-state index contributed by atoms with van der Waals surface area (Å²) in [6.07, 6.45) is 3.42. The molecule has 1 aromatic carbocycles. The molecule has 0 bridgehead atoms. The van der Waals surface area contributed by atoms with Crippen LogP contribution in [0.15, 0.2) is 18.2 Å². The van der Waals surface area contributed by atoms with E-state index in [-0.39, 0.29) is 6.10 Å². The monoisotopic (exact) mass is 227 g/mol. The first kappa shape index (κ1) is 11.3. The molecule has 1 atom stereocenters. The molecule has 0 radical (unpaired) electrons. The van der Waals surface area contributed by atoms with Gasteiger partial charge in [0.05, 0.1) is 6.10 Å². The van der Waals surface area contributed by atoms with Gasteiger partial charge in [-0.2, -0.15) is 0 Å². The molecule has 0 aliphatic carbocycles. The number of hydrogen-bond acceptors (Lipinski definition) is 2. The van der Waals surface area contributed by atoms with Crippen molar-refractivity contribution < 1.29 is 13.5 Å². The van der Waals surface area contributed by atoms with Crippen LogP contribution in [0.4, 0.5) is 14.5 Å². The molecule has 88 valence electrons. The van der Waals surface area contributed by atoms with Crippen LogP contribution in [0.3, 0.4) is 0 Å². The van der Waals surface area contributed by atoms with Gasteiger partial charge in [0.15, 0.2) is 0 Å². The van der Waals surface area contributed by atoms with Gasteiger partial charge in [0.25, 0.3) is 0 Å². The Morgan fingerprint density at radius 1 is 1.19 bits per heavy atom. The Morgan fingerprint density at radius 3 is 2.56 bits per heavy atom. The fraction of sp³-hybridized carbons (Fsp3) is 0.500. The minimum absolute atomic E-state index is 0.153. The predicted molar refractivity (Wildman–Crippen MR) is 58.4 cm³/mol. The summed E-state index contributed by atoms with van der Waals surface area (Å²) in [6.45, 7) is 1.38. The molecule has 4 heteroatoms. The van der Waals surface area contributed by atoms with E-state index in [0.29, 0.717) is 12.2 Å². The lowest BCUT2D eigenvalue weighted by molar-refractivity contribution is 0.0247. The van der Waals surface area contributed by atoms with Crippen LogP contribution in [-0.4, -0.2) is 19.3 Å². The minimum atomic E-state index is -0.563. The maximum atomic E-state index is 12.9. The third-order valence-electron chi connectivity index (χ3n) is 2.67. The normalized spacial score (nSPS) is 20.8. The van der Waals surface area contributed by atoms with Crippen molar-refractivity contribution in [2.75, 3.05) is 18.5 Å². The summed E-state index contributed by atoms with van der Waals surface area (Å²) >= 11 is 0. The number of benzene rings is 1. The molecule has 1 heterocycles. The highest BCUT2D eigenvalue weighted by atomic mass is 19.1. The summed E-state index contributed by atoms with van der Waals surface area (Å²) in [5.41, 5.74) is 0.465. The Labute approximate surface area is 93.6 Å². The summed E-state index contributed by atoms with van der Waals surface area (Å²) in [5, 5.41) is 2.99. The van der Waals surface area contributed by atoms with Crippen LogP contribution in [-0.2, 0) is 4.74 Å².